The summed E-state index contributed by atoms with van der Waals surface area (Å²) in [4.78, 5) is 0.156. The highest BCUT2D eigenvalue weighted by Gasteiger charge is 2.17. The Morgan fingerprint density at radius 3 is 2.47 bits per heavy atom. The fourth-order valence-corrected chi connectivity index (χ4v) is 3.70. The van der Waals surface area contributed by atoms with E-state index in [4.69, 9.17) is 17.3 Å². The average molecular weight is 362 g/mol. The van der Waals surface area contributed by atoms with Crippen molar-refractivity contribution in [3.63, 3.8) is 0 Å². The second kappa shape index (κ2) is 5.40. The first-order valence-corrected chi connectivity index (χ1v) is 7.88. The lowest BCUT2D eigenvalue weighted by Crippen LogP contribution is -2.13. The normalized spacial score (nSPS) is 11.3. The van der Waals surface area contributed by atoms with Crippen LogP contribution in [0.5, 0.6) is 0 Å². The van der Waals surface area contributed by atoms with Crippen molar-refractivity contribution in [3.8, 4) is 0 Å². The maximum atomic E-state index is 12.2. The third-order valence-corrected chi connectivity index (χ3v) is 5.10. The molecule has 0 bridgehead atoms. The maximum absolute atomic E-state index is 12.2. The first-order chi connectivity index (χ1) is 8.90. The fraction of sp³-hybridized carbons (Fsp3) is 0. The van der Waals surface area contributed by atoms with Gasteiger partial charge >= 0.3 is 0 Å². The van der Waals surface area contributed by atoms with Gasteiger partial charge in [-0.15, -0.1) is 0 Å². The fourth-order valence-electron chi connectivity index (χ4n) is 1.46. The molecule has 0 heterocycles. The monoisotopic (exact) mass is 360 g/mol. The quantitative estimate of drug-likeness (QED) is 0.822. The molecule has 0 fully saturated rings. The van der Waals surface area contributed by atoms with Crippen LogP contribution in [0, 0.1) is 0 Å². The molecular formula is C12H10BrClN2O2S. The van der Waals surface area contributed by atoms with Crippen molar-refractivity contribution >= 4 is 48.9 Å². The lowest BCUT2D eigenvalue weighted by Gasteiger charge is -2.10. The predicted molar refractivity (Wildman–Crippen MR) is 80.8 cm³/mol. The van der Waals surface area contributed by atoms with E-state index in [0.29, 0.717) is 20.9 Å². The van der Waals surface area contributed by atoms with Crippen molar-refractivity contribution < 1.29 is 8.42 Å². The van der Waals surface area contributed by atoms with E-state index >= 15 is 0 Å². The topological polar surface area (TPSA) is 72.2 Å². The van der Waals surface area contributed by atoms with E-state index in [-0.39, 0.29) is 4.90 Å². The lowest BCUT2D eigenvalue weighted by molar-refractivity contribution is 0.601. The van der Waals surface area contributed by atoms with Crippen LogP contribution in [0.4, 0.5) is 11.4 Å². The van der Waals surface area contributed by atoms with Crippen molar-refractivity contribution in [1.29, 1.82) is 0 Å². The van der Waals surface area contributed by atoms with Gasteiger partial charge in [0.25, 0.3) is 10.0 Å². The molecule has 4 nitrogen and oxygen atoms in total. The van der Waals surface area contributed by atoms with E-state index in [9.17, 15) is 8.42 Å². The van der Waals surface area contributed by atoms with E-state index in [1.165, 1.54) is 12.1 Å². The SMILES string of the molecule is Nc1ccc(NS(=O)(=O)c2ccccc2Br)cc1Cl. The van der Waals surface area contributed by atoms with Gasteiger partial charge in [-0.3, -0.25) is 4.72 Å². The average Bonchev–Trinajstić information content (AvgIpc) is 2.34. The highest BCUT2D eigenvalue weighted by Crippen LogP contribution is 2.27. The molecule has 0 atom stereocenters. The van der Waals surface area contributed by atoms with E-state index in [1.54, 1.807) is 30.3 Å². The summed E-state index contributed by atoms with van der Waals surface area (Å²) in [5.41, 5.74) is 6.32. The first kappa shape index (κ1) is 14.2. The highest BCUT2D eigenvalue weighted by molar-refractivity contribution is 9.10. The number of anilines is 2. The van der Waals surface area contributed by atoms with Crippen molar-refractivity contribution in [2.75, 3.05) is 10.5 Å². The van der Waals surface area contributed by atoms with Crippen LogP contribution < -0.4 is 10.5 Å². The Labute approximate surface area is 124 Å². The molecule has 2 rings (SSSR count). The summed E-state index contributed by atoms with van der Waals surface area (Å²) in [5.74, 6) is 0. The van der Waals surface area contributed by atoms with E-state index in [1.807, 2.05) is 0 Å². The molecule has 19 heavy (non-hydrogen) atoms. The third-order valence-electron chi connectivity index (χ3n) is 2.38. The molecule has 0 amide bonds. The molecule has 0 radical (unpaired) electrons. The van der Waals surface area contributed by atoms with Gasteiger partial charge in [0.2, 0.25) is 0 Å². The second-order valence-electron chi connectivity index (χ2n) is 3.77. The van der Waals surface area contributed by atoms with Crippen LogP contribution in [0.1, 0.15) is 0 Å². The Morgan fingerprint density at radius 2 is 1.84 bits per heavy atom. The smallest absolute Gasteiger partial charge is 0.263 e. The molecule has 7 heteroatoms. The molecule has 3 N–H and O–H groups in total. The molecular weight excluding hydrogens is 352 g/mol. The van der Waals surface area contributed by atoms with E-state index < -0.39 is 10.0 Å². The number of nitrogen functional groups attached to an aromatic ring is 1. The van der Waals surface area contributed by atoms with Gasteiger partial charge in [0.05, 0.1) is 16.4 Å². The summed E-state index contributed by atoms with van der Waals surface area (Å²) < 4.78 is 27.3. The van der Waals surface area contributed by atoms with Gasteiger partial charge in [-0.1, -0.05) is 23.7 Å². The van der Waals surface area contributed by atoms with Gasteiger partial charge < -0.3 is 5.73 Å². The standard InChI is InChI=1S/C12H10BrClN2O2S/c13-9-3-1-2-4-12(9)19(17,18)16-8-5-6-11(15)10(14)7-8/h1-7,16H,15H2. The van der Waals surface area contributed by atoms with Gasteiger partial charge in [-0.25, -0.2) is 8.42 Å². The number of halogens is 2. The van der Waals surface area contributed by atoms with Crippen molar-refractivity contribution in [3.05, 3.63) is 52.0 Å². The van der Waals surface area contributed by atoms with Crippen molar-refractivity contribution in [2.24, 2.45) is 0 Å². The zero-order valence-electron chi connectivity index (χ0n) is 9.60. The molecule has 2 aromatic carbocycles. The summed E-state index contributed by atoms with van der Waals surface area (Å²) in [6.07, 6.45) is 0. The number of nitrogens with two attached hydrogens (primary N) is 1. The van der Waals surface area contributed by atoms with Gasteiger partial charge in [-0.05, 0) is 46.3 Å². The molecule has 100 valence electrons. The summed E-state index contributed by atoms with van der Waals surface area (Å²) in [5, 5.41) is 0.298. The zero-order valence-corrected chi connectivity index (χ0v) is 12.8. The van der Waals surface area contributed by atoms with Crippen LogP contribution in [0.25, 0.3) is 0 Å². The molecule has 0 aromatic heterocycles. The number of hydrogen-bond donors (Lipinski definition) is 2. The van der Waals surface area contributed by atoms with Crippen molar-refractivity contribution in [1.82, 2.24) is 0 Å². The van der Waals surface area contributed by atoms with Crippen LogP contribution >= 0.6 is 27.5 Å². The summed E-state index contributed by atoms with van der Waals surface area (Å²) in [6.45, 7) is 0. The largest absolute Gasteiger partial charge is 0.398 e. The molecule has 0 aliphatic rings. The van der Waals surface area contributed by atoms with Crippen LogP contribution in [0.2, 0.25) is 5.02 Å². The summed E-state index contributed by atoms with van der Waals surface area (Å²) in [7, 11) is -3.67. The molecule has 0 saturated carbocycles. The number of benzene rings is 2. The summed E-state index contributed by atoms with van der Waals surface area (Å²) >= 11 is 9.06. The number of hydrogen-bond acceptors (Lipinski definition) is 3. The lowest BCUT2D eigenvalue weighted by atomic mass is 10.3. The van der Waals surface area contributed by atoms with Crippen LogP contribution in [-0.2, 0) is 10.0 Å². The Balaban J connectivity index is 2.37. The van der Waals surface area contributed by atoms with Gasteiger partial charge in [0.15, 0.2) is 0 Å². The summed E-state index contributed by atoms with van der Waals surface area (Å²) in [6, 6.07) is 11.1. The Kier molecular flexibility index (Phi) is 4.03. The molecule has 0 spiro atoms. The van der Waals surface area contributed by atoms with Crippen molar-refractivity contribution in [2.45, 2.75) is 4.90 Å². The highest BCUT2D eigenvalue weighted by atomic mass is 79.9. The second-order valence-corrected chi connectivity index (χ2v) is 6.68. The molecule has 2 aromatic rings. The Bertz CT molecular complexity index is 719. The Morgan fingerprint density at radius 1 is 1.16 bits per heavy atom. The predicted octanol–water partition coefficient (Wildman–Crippen LogP) is 3.49. The molecule has 0 saturated heterocycles. The Hall–Kier alpha value is -1.24. The minimum absolute atomic E-state index is 0.156. The number of rotatable bonds is 3. The van der Waals surface area contributed by atoms with Crippen LogP contribution in [0.15, 0.2) is 51.8 Å². The van der Waals surface area contributed by atoms with Gasteiger partial charge in [0, 0.05) is 4.47 Å². The maximum Gasteiger partial charge on any atom is 0.263 e. The molecule has 0 aliphatic carbocycles. The van der Waals surface area contributed by atoms with E-state index in [2.05, 4.69) is 20.7 Å². The molecule has 0 aliphatic heterocycles. The number of sulfonamides is 1. The van der Waals surface area contributed by atoms with Crippen LogP contribution in [0.3, 0.4) is 0 Å². The third kappa shape index (κ3) is 3.20. The van der Waals surface area contributed by atoms with Gasteiger partial charge in [0.1, 0.15) is 4.90 Å². The minimum Gasteiger partial charge on any atom is -0.398 e. The zero-order chi connectivity index (χ0) is 14.0. The number of nitrogens with one attached hydrogen (secondary N) is 1. The van der Waals surface area contributed by atoms with E-state index in [0.717, 1.165) is 0 Å². The van der Waals surface area contributed by atoms with Gasteiger partial charge in [-0.2, -0.15) is 0 Å². The first-order valence-electron chi connectivity index (χ1n) is 5.22. The van der Waals surface area contributed by atoms with Crippen LogP contribution in [-0.4, -0.2) is 8.42 Å². The minimum atomic E-state index is -3.67. The molecule has 0 unspecified atom stereocenters.